The van der Waals surface area contributed by atoms with Gasteiger partial charge in [0.05, 0.1) is 18.3 Å². The molecule has 0 radical (unpaired) electrons. The predicted octanol–water partition coefficient (Wildman–Crippen LogP) is 4.92. The highest BCUT2D eigenvalue weighted by molar-refractivity contribution is 7.92. The topological polar surface area (TPSA) is 118 Å². The molecule has 16 heteroatoms. The number of rotatable bonds is 10. The van der Waals surface area contributed by atoms with Gasteiger partial charge in [0.15, 0.2) is 11.6 Å². The van der Waals surface area contributed by atoms with Crippen molar-refractivity contribution in [2.45, 2.75) is 69.9 Å². The molecule has 1 aliphatic carbocycles. The van der Waals surface area contributed by atoms with Crippen LogP contribution >= 0.6 is 0 Å². The molecule has 0 aliphatic heterocycles. The first-order valence-electron chi connectivity index (χ1n) is 13.9. The molecule has 1 aliphatic rings. The van der Waals surface area contributed by atoms with Crippen LogP contribution < -0.4 is 15.6 Å². The van der Waals surface area contributed by atoms with E-state index in [0.717, 1.165) is 31.4 Å². The molecule has 1 aromatic carbocycles. The van der Waals surface area contributed by atoms with Crippen LogP contribution in [-0.2, 0) is 14.8 Å². The highest BCUT2D eigenvalue weighted by atomic mass is 32.2. The zero-order valence-corrected chi connectivity index (χ0v) is 25.7. The standard InChI is InChI=1S/C28H35F5N6O4S/c1-15(2)39-25-17(14-34-27(36-25)35-18-6-7-22(38(3)4)23(13-18)43-5)10-19(26(39)40)16-11-20(29)24(21(30)12-16)37-44(41,42)9-8-28(31,32)33/h10-12,14-15,18,22-23,37H,6-9,13H2,1-5H3,(H,34,35,36)/t18-,22-,23?/m1/s1. The van der Waals surface area contributed by atoms with E-state index in [1.807, 2.05) is 14.1 Å². The van der Waals surface area contributed by atoms with Crippen LogP contribution in [0.25, 0.3) is 22.2 Å². The molecule has 3 aromatic rings. The van der Waals surface area contributed by atoms with Gasteiger partial charge < -0.3 is 15.0 Å². The van der Waals surface area contributed by atoms with Gasteiger partial charge in [0.1, 0.15) is 11.3 Å². The lowest BCUT2D eigenvalue weighted by atomic mass is 9.88. The number of methoxy groups -OCH3 is 1. The Labute approximate surface area is 251 Å². The van der Waals surface area contributed by atoms with Gasteiger partial charge in [-0.05, 0) is 71.0 Å². The molecule has 0 amide bonds. The Morgan fingerprint density at radius 1 is 1.14 bits per heavy atom. The second-order valence-electron chi connectivity index (χ2n) is 11.4. The van der Waals surface area contributed by atoms with Crippen molar-refractivity contribution in [3.63, 3.8) is 0 Å². The van der Waals surface area contributed by atoms with Gasteiger partial charge in [0.2, 0.25) is 16.0 Å². The number of nitrogens with zero attached hydrogens (tertiary/aromatic N) is 4. The molecule has 2 N–H and O–H groups in total. The number of fused-ring (bicyclic) bond motifs is 1. The summed E-state index contributed by atoms with van der Waals surface area (Å²) in [5.74, 6) is -3.91. The maximum atomic E-state index is 15.0. The van der Waals surface area contributed by atoms with Gasteiger partial charge in [-0.15, -0.1) is 0 Å². The lowest BCUT2D eigenvalue weighted by Crippen LogP contribution is -2.47. The second kappa shape index (κ2) is 12.9. The summed E-state index contributed by atoms with van der Waals surface area (Å²) in [5, 5.41) is 3.74. The molecule has 44 heavy (non-hydrogen) atoms. The Morgan fingerprint density at radius 3 is 2.36 bits per heavy atom. The fourth-order valence-corrected chi connectivity index (χ4v) is 6.54. The minimum Gasteiger partial charge on any atom is -0.380 e. The number of likely N-dealkylation sites (N-methyl/N-ethyl adjacent to an activating group) is 1. The molecule has 0 saturated heterocycles. The summed E-state index contributed by atoms with van der Waals surface area (Å²) in [6.45, 7) is 3.48. The summed E-state index contributed by atoms with van der Waals surface area (Å²) in [7, 11) is 0.982. The molecule has 1 fully saturated rings. The van der Waals surface area contributed by atoms with E-state index < -0.39 is 57.3 Å². The number of alkyl halides is 3. The average Bonchev–Trinajstić information content (AvgIpc) is 2.92. The smallest absolute Gasteiger partial charge is 0.380 e. The number of benzene rings is 1. The van der Waals surface area contributed by atoms with Gasteiger partial charge in [-0.1, -0.05) is 0 Å². The van der Waals surface area contributed by atoms with Crippen molar-refractivity contribution < 1.29 is 35.1 Å². The van der Waals surface area contributed by atoms with Gasteiger partial charge in [0.25, 0.3) is 5.56 Å². The van der Waals surface area contributed by atoms with Crippen molar-refractivity contribution in [3.05, 3.63) is 46.4 Å². The van der Waals surface area contributed by atoms with Crippen molar-refractivity contribution in [2.24, 2.45) is 0 Å². The van der Waals surface area contributed by atoms with Crippen molar-refractivity contribution in [1.29, 1.82) is 0 Å². The van der Waals surface area contributed by atoms with Crippen LogP contribution in [0.5, 0.6) is 0 Å². The summed E-state index contributed by atoms with van der Waals surface area (Å²) < 4.78 is 100.0. The van der Waals surface area contributed by atoms with E-state index in [1.165, 1.54) is 21.6 Å². The van der Waals surface area contributed by atoms with Crippen LogP contribution in [0, 0.1) is 11.6 Å². The number of aromatic nitrogens is 3. The minimum atomic E-state index is -4.78. The Morgan fingerprint density at radius 2 is 1.80 bits per heavy atom. The molecule has 242 valence electrons. The number of ether oxygens (including phenoxy) is 1. The van der Waals surface area contributed by atoms with E-state index in [-0.39, 0.29) is 29.3 Å². The van der Waals surface area contributed by atoms with Crippen LogP contribution in [0.2, 0.25) is 0 Å². The van der Waals surface area contributed by atoms with Crippen molar-refractivity contribution >= 4 is 32.7 Å². The molecule has 2 heterocycles. The van der Waals surface area contributed by atoms with Crippen LogP contribution in [0.15, 0.2) is 29.2 Å². The molecule has 4 rings (SSSR count). The zero-order valence-electron chi connectivity index (χ0n) is 24.9. The highest BCUT2D eigenvalue weighted by Gasteiger charge is 2.33. The fourth-order valence-electron chi connectivity index (χ4n) is 5.43. The van der Waals surface area contributed by atoms with E-state index in [9.17, 15) is 35.2 Å². The van der Waals surface area contributed by atoms with E-state index in [1.54, 1.807) is 21.0 Å². The van der Waals surface area contributed by atoms with Crippen molar-refractivity contribution in [2.75, 3.05) is 37.0 Å². The number of sulfonamides is 1. The third kappa shape index (κ3) is 7.64. The second-order valence-corrected chi connectivity index (χ2v) is 13.2. The molecular weight excluding hydrogens is 611 g/mol. The van der Waals surface area contributed by atoms with Gasteiger partial charge in [-0.3, -0.25) is 14.1 Å². The molecule has 0 spiro atoms. The molecule has 1 saturated carbocycles. The molecular formula is C28H35F5N6O4S. The third-order valence-corrected chi connectivity index (χ3v) is 8.87. The van der Waals surface area contributed by atoms with Gasteiger partial charge in [-0.2, -0.15) is 18.2 Å². The van der Waals surface area contributed by atoms with Crippen molar-refractivity contribution in [3.8, 4) is 11.1 Å². The molecule has 2 aromatic heterocycles. The quantitative estimate of drug-likeness (QED) is 0.298. The largest absolute Gasteiger partial charge is 0.390 e. The Bertz CT molecular complexity index is 1660. The van der Waals surface area contributed by atoms with Gasteiger partial charge in [0, 0.05) is 42.4 Å². The Balaban J connectivity index is 1.66. The minimum absolute atomic E-state index is 0.00971. The first-order valence-corrected chi connectivity index (χ1v) is 15.6. The first-order chi connectivity index (χ1) is 20.5. The average molecular weight is 647 g/mol. The zero-order chi connectivity index (χ0) is 32.6. The number of pyridine rings is 1. The number of halogens is 5. The van der Waals surface area contributed by atoms with E-state index in [2.05, 4.69) is 20.2 Å². The Hall–Kier alpha value is -3.37. The van der Waals surface area contributed by atoms with E-state index in [4.69, 9.17) is 4.74 Å². The van der Waals surface area contributed by atoms with Gasteiger partial charge >= 0.3 is 6.18 Å². The number of hydrogen-bond donors (Lipinski definition) is 2. The third-order valence-electron chi connectivity index (χ3n) is 7.61. The van der Waals surface area contributed by atoms with E-state index in [0.29, 0.717) is 17.0 Å². The normalized spacial score (nSPS) is 19.6. The summed E-state index contributed by atoms with van der Waals surface area (Å²) in [4.78, 5) is 24.8. The molecule has 10 nitrogen and oxygen atoms in total. The maximum Gasteiger partial charge on any atom is 0.390 e. The van der Waals surface area contributed by atoms with Crippen LogP contribution in [0.4, 0.5) is 33.6 Å². The summed E-state index contributed by atoms with van der Waals surface area (Å²) in [6, 6.07) is 2.75. The maximum absolute atomic E-state index is 15.0. The highest BCUT2D eigenvalue weighted by Crippen LogP contribution is 2.30. The summed E-state index contributed by atoms with van der Waals surface area (Å²) in [6.07, 6.45) is -2.50. The van der Waals surface area contributed by atoms with Crippen LogP contribution in [0.3, 0.4) is 0 Å². The number of anilines is 2. The fraction of sp³-hybridized carbons (Fsp3) is 0.536. The number of hydrogen-bond acceptors (Lipinski definition) is 8. The summed E-state index contributed by atoms with van der Waals surface area (Å²) >= 11 is 0. The molecule has 0 bridgehead atoms. The lowest BCUT2D eigenvalue weighted by molar-refractivity contribution is -0.129. The van der Waals surface area contributed by atoms with Crippen molar-refractivity contribution in [1.82, 2.24) is 19.4 Å². The van der Waals surface area contributed by atoms with E-state index >= 15 is 0 Å². The Kier molecular flexibility index (Phi) is 9.85. The molecule has 3 atom stereocenters. The molecule has 1 unspecified atom stereocenters. The first kappa shape index (κ1) is 33.5. The van der Waals surface area contributed by atoms with Crippen LogP contribution in [-0.4, -0.2) is 79.2 Å². The monoisotopic (exact) mass is 646 g/mol. The predicted molar refractivity (Wildman–Crippen MR) is 157 cm³/mol. The summed E-state index contributed by atoms with van der Waals surface area (Å²) in [5.41, 5.74) is -1.77. The van der Waals surface area contributed by atoms with Gasteiger partial charge in [-0.25, -0.2) is 22.2 Å². The van der Waals surface area contributed by atoms with Crippen LogP contribution in [0.1, 0.15) is 45.6 Å². The number of nitrogens with one attached hydrogen (secondary N) is 2. The lowest BCUT2D eigenvalue weighted by Gasteiger charge is -2.39. The SMILES string of the molecule is COC1C[C@H](Nc2ncc3cc(-c4cc(F)c(NS(=O)(=O)CCC(F)(F)F)c(F)c4)c(=O)n(C(C)C)c3n2)CC[C@H]1N(C)C.